The summed E-state index contributed by atoms with van der Waals surface area (Å²) in [4.78, 5) is 30.1. The number of hydrogen-bond acceptors (Lipinski definition) is 8. The van der Waals surface area contributed by atoms with Crippen molar-refractivity contribution in [2.45, 2.75) is 54.7 Å². The molecule has 0 aliphatic carbocycles. The molecule has 0 heterocycles. The van der Waals surface area contributed by atoms with Gasteiger partial charge in [0.25, 0.3) is 0 Å². The van der Waals surface area contributed by atoms with E-state index in [0.29, 0.717) is 11.5 Å². The fourth-order valence-corrected chi connectivity index (χ4v) is 9.13. The highest BCUT2D eigenvalue weighted by molar-refractivity contribution is 8.16. The minimum absolute atomic E-state index is 0.142. The fourth-order valence-electron chi connectivity index (χ4n) is 3.48. The summed E-state index contributed by atoms with van der Waals surface area (Å²) in [6, 6.07) is 33.9. The highest BCUT2D eigenvalue weighted by Crippen LogP contribution is 2.37. The zero-order chi connectivity index (χ0) is 27.5. The molecule has 0 atom stereocenters. The highest BCUT2D eigenvalue weighted by Gasteiger charge is 2.09. The number of hydrogen-bond donors (Lipinski definition) is 0. The molecule has 0 unspecified atom stereocenters. The fraction of sp³-hybridized carbons (Fsp3) is 0.161. The van der Waals surface area contributed by atoms with Crippen molar-refractivity contribution >= 4 is 80.8 Å². The van der Waals surface area contributed by atoms with E-state index in [9.17, 15) is 9.59 Å². The molecule has 4 aromatic rings. The Labute approximate surface area is 256 Å². The van der Waals surface area contributed by atoms with Crippen molar-refractivity contribution in [2.24, 2.45) is 0 Å². The molecule has 0 radical (unpaired) electrons. The minimum Gasteiger partial charge on any atom is -0.288 e. The molecule has 0 aliphatic heterocycles. The van der Waals surface area contributed by atoms with Crippen LogP contribution in [0.25, 0.3) is 0 Å². The Hall–Kier alpha value is -1.68. The zero-order valence-electron chi connectivity index (χ0n) is 21.6. The first-order chi connectivity index (χ1) is 19.0. The second-order valence-corrected chi connectivity index (χ2v) is 15.3. The van der Waals surface area contributed by atoms with Crippen molar-refractivity contribution in [3.05, 3.63) is 108 Å². The lowest BCUT2D eigenvalue weighted by Crippen LogP contribution is -1.89. The predicted octanol–water partition coefficient (Wildman–Crippen LogP) is 10.4. The van der Waals surface area contributed by atoms with Gasteiger partial charge in [0.05, 0.1) is 0 Å². The topological polar surface area (TPSA) is 34.1 Å². The molecule has 0 fully saturated rings. The number of carbonyl (C=O) groups is 2. The van der Waals surface area contributed by atoms with Crippen LogP contribution in [0.15, 0.2) is 126 Å². The van der Waals surface area contributed by atoms with Gasteiger partial charge in [-0.05, 0) is 59.7 Å². The molecule has 4 aromatic carbocycles. The van der Waals surface area contributed by atoms with Crippen molar-refractivity contribution in [3.8, 4) is 0 Å². The summed E-state index contributed by atoms with van der Waals surface area (Å²) in [6.45, 7) is 3.23. The predicted molar refractivity (Wildman–Crippen MR) is 175 cm³/mol. The smallest absolute Gasteiger partial charge is 0.186 e. The Balaban J connectivity index is 1.34. The summed E-state index contributed by atoms with van der Waals surface area (Å²) in [6.07, 6.45) is 0. The lowest BCUT2D eigenvalue weighted by Gasteiger charge is -2.10. The SMILES string of the molecule is CC(=O)SCc1ccccc1Sc1cccc(SCSc2cccc(Sc3ccccc3CSC(C)=O)c2)c1. The van der Waals surface area contributed by atoms with Gasteiger partial charge in [-0.25, -0.2) is 0 Å². The molecule has 200 valence electrons. The molecule has 39 heavy (non-hydrogen) atoms. The van der Waals surface area contributed by atoms with E-state index in [1.165, 1.54) is 64.0 Å². The Bertz CT molecular complexity index is 1310. The third-order valence-corrected chi connectivity index (χ3v) is 11.4. The van der Waals surface area contributed by atoms with Gasteiger partial charge in [-0.3, -0.25) is 9.59 Å². The van der Waals surface area contributed by atoms with Gasteiger partial charge in [-0.1, -0.05) is 95.6 Å². The molecular formula is C31H28O2S6. The molecular weight excluding hydrogens is 597 g/mol. The van der Waals surface area contributed by atoms with E-state index >= 15 is 0 Å². The van der Waals surface area contributed by atoms with Crippen LogP contribution in [0.3, 0.4) is 0 Å². The maximum absolute atomic E-state index is 11.4. The quantitative estimate of drug-likeness (QED) is 0.114. The molecule has 0 aliphatic rings. The Morgan fingerprint density at radius 1 is 0.538 bits per heavy atom. The van der Waals surface area contributed by atoms with E-state index < -0.39 is 0 Å². The average Bonchev–Trinajstić information content (AvgIpc) is 2.92. The number of benzene rings is 4. The number of carbonyl (C=O) groups excluding carboxylic acids is 2. The van der Waals surface area contributed by atoms with Crippen molar-refractivity contribution in [2.75, 3.05) is 5.08 Å². The van der Waals surface area contributed by atoms with Gasteiger partial charge in [-0.15, -0.1) is 23.5 Å². The molecule has 0 saturated heterocycles. The molecule has 0 aromatic heterocycles. The Morgan fingerprint density at radius 3 is 1.38 bits per heavy atom. The maximum Gasteiger partial charge on any atom is 0.186 e. The first-order valence-corrected chi connectivity index (χ1v) is 17.8. The van der Waals surface area contributed by atoms with Gasteiger partial charge in [0, 0.05) is 59.8 Å². The largest absolute Gasteiger partial charge is 0.288 e. The van der Waals surface area contributed by atoms with Crippen LogP contribution in [-0.4, -0.2) is 15.3 Å². The van der Waals surface area contributed by atoms with Gasteiger partial charge < -0.3 is 0 Å². The first-order valence-electron chi connectivity index (χ1n) is 12.2. The molecule has 2 nitrogen and oxygen atoms in total. The Morgan fingerprint density at radius 2 is 0.949 bits per heavy atom. The van der Waals surface area contributed by atoms with E-state index in [-0.39, 0.29) is 10.2 Å². The van der Waals surface area contributed by atoms with Crippen LogP contribution < -0.4 is 0 Å². The summed E-state index contributed by atoms with van der Waals surface area (Å²) >= 11 is 9.89. The third-order valence-electron chi connectivity index (χ3n) is 5.32. The normalized spacial score (nSPS) is 10.9. The standard InChI is InChI=1S/C31H28O2S6/c1-22(32)34-19-24-9-3-5-15-30(24)38-28-13-7-11-26(17-28)36-21-37-27-12-8-14-29(18-27)39-31-16-6-4-10-25(31)20-35-23(2)33/h3-18H,19-21H2,1-2H3. The van der Waals surface area contributed by atoms with E-state index in [1.54, 1.807) is 37.4 Å². The average molecular weight is 625 g/mol. The molecule has 0 bridgehead atoms. The first kappa shape index (κ1) is 30.3. The van der Waals surface area contributed by atoms with Gasteiger partial charge >= 0.3 is 0 Å². The van der Waals surface area contributed by atoms with Gasteiger partial charge in [0.15, 0.2) is 10.2 Å². The molecule has 0 amide bonds. The second-order valence-electron chi connectivity index (χ2n) is 8.34. The van der Waals surface area contributed by atoms with Gasteiger partial charge in [0.1, 0.15) is 0 Å². The summed E-state index contributed by atoms with van der Waals surface area (Å²) < 4.78 is 0. The lowest BCUT2D eigenvalue weighted by molar-refractivity contribution is -0.109. The molecule has 4 rings (SSSR count). The molecule has 0 saturated carbocycles. The highest BCUT2D eigenvalue weighted by atomic mass is 32.2. The summed E-state index contributed by atoms with van der Waals surface area (Å²) in [5.74, 6) is 1.40. The summed E-state index contributed by atoms with van der Waals surface area (Å²) in [7, 11) is 0. The molecule has 0 N–H and O–H groups in total. The minimum atomic E-state index is 0.142. The van der Waals surface area contributed by atoms with E-state index in [4.69, 9.17) is 0 Å². The third kappa shape index (κ3) is 10.3. The molecule has 8 heteroatoms. The summed E-state index contributed by atoms with van der Waals surface area (Å²) in [5, 5.41) is 1.20. The van der Waals surface area contributed by atoms with E-state index in [1.807, 2.05) is 35.7 Å². The van der Waals surface area contributed by atoms with Crippen molar-refractivity contribution < 1.29 is 9.59 Å². The van der Waals surface area contributed by atoms with Crippen molar-refractivity contribution in [3.63, 3.8) is 0 Å². The van der Waals surface area contributed by atoms with E-state index in [0.717, 1.165) is 5.08 Å². The van der Waals surface area contributed by atoms with Crippen LogP contribution in [0.2, 0.25) is 0 Å². The molecule has 0 spiro atoms. The second kappa shape index (κ2) is 15.9. The van der Waals surface area contributed by atoms with Gasteiger partial charge in [0.2, 0.25) is 0 Å². The Kier molecular flexibility index (Phi) is 12.4. The van der Waals surface area contributed by atoms with Crippen LogP contribution in [0, 0.1) is 0 Å². The lowest BCUT2D eigenvalue weighted by atomic mass is 10.2. The van der Waals surface area contributed by atoms with Crippen molar-refractivity contribution in [1.82, 2.24) is 0 Å². The van der Waals surface area contributed by atoms with Crippen LogP contribution in [0.1, 0.15) is 25.0 Å². The number of rotatable bonds is 12. The van der Waals surface area contributed by atoms with Crippen LogP contribution in [-0.2, 0) is 21.1 Å². The van der Waals surface area contributed by atoms with Gasteiger partial charge in [-0.2, -0.15) is 0 Å². The van der Waals surface area contributed by atoms with Crippen LogP contribution in [0.4, 0.5) is 0 Å². The van der Waals surface area contributed by atoms with Crippen LogP contribution >= 0.6 is 70.6 Å². The van der Waals surface area contributed by atoms with Crippen LogP contribution in [0.5, 0.6) is 0 Å². The van der Waals surface area contributed by atoms with Crippen molar-refractivity contribution in [1.29, 1.82) is 0 Å². The zero-order valence-corrected chi connectivity index (χ0v) is 26.5. The maximum atomic E-state index is 11.4. The van der Waals surface area contributed by atoms with E-state index in [2.05, 4.69) is 84.9 Å². The summed E-state index contributed by atoms with van der Waals surface area (Å²) in [5.41, 5.74) is 2.38. The number of thioether (sulfide) groups is 4. The monoisotopic (exact) mass is 624 g/mol.